The van der Waals surface area contributed by atoms with Gasteiger partial charge >= 0.3 is 12.1 Å². The number of carboxylic acid groups (broad SMARTS) is 1. The second-order valence-corrected chi connectivity index (χ2v) is 6.99. The molecule has 0 saturated heterocycles. The van der Waals surface area contributed by atoms with Crippen molar-refractivity contribution in [3.63, 3.8) is 0 Å². The van der Waals surface area contributed by atoms with E-state index in [1.165, 1.54) is 18.0 Å². The minimum atomic E-state index is -1.07. The van der Waals surface area contributed by atoms with Gasteiger partial charge in [-0.3, -0.25) is 14.9 Å². The van der Waals surface area contributed by atoms with Gasteiger partial charge in [-0.15, -0.1) is 0 Å². The summed E-state index contributed by atoms with van der Waals surface area (Å²) in [6, 6.07) is 15.3. The van der Waals surface area contributed by atoms with Gasteiger partial charge in [0, 0.05) is 5.92 Å². The van der Waals surface area contributed by atoms with Gasteiger partial charge in [0.25, 0.3) is 0 Å². The molecule has 0 radical (unpaired) electrons. The summed E-state index contributed by atoms with van der Waals surface area (Å²) in [5.74, 6) is -0.893. The summed E-state index contributed by atoms with van der Waals surface area (Å²) in [5, 5.41) is 9.08. The fraction of sp³-hybridized carbons (Fsp3) is 0.273. The maximum Gasteiger partial charge on any atom is 0.415 e. The molecule has 1 amide bonds. The quantitative estimate of drug-likeness (QED) is 0.866. The molecular formula is C22H21N3O4. The summed E-state index contributed by atoms with van der Waals surface area (Å²) in [4.78, 5) is 33.4. The van der Waals surface area contributed by atoms with Gasteiger partial charge in [0.2, 0.25) is 0 Å². The molecule has 0 bridgehead atoms. The van der Waals surface area contributed by atoms with E-state index in [4.69, 9.17) is 9.84 Å². The highest BCUT2D eigenvalue weighted by Gasteiger charge is 2.30. The van der Waals surface area contributed by atoms with Crippen LogP contribution in [0.4, 0.5) is 4.79 Å². The van der Waals surface area contributed by atoms with Gasteiger partial charge in [-0.05, 0) is 29.2 Å². The predicted molar refractivity (Wildman–Crippen MR) is 110 cm³/mol. The lowest BCUT2D eigenvalue weighted by Crippen LogP contribution is -2.43. The molecule has 148 valence electrons. The lowest BCUT2D eigenvalue weighted by Gasteiger charge is -2.25. The summed E-state index contributed by atoms with van der Waals surface area (Å²) < 4.78 is 5.65. The zero-order valence-electron chi connectivity index (χ0n) is 16.0. The van der Waals surface area contributed by atoms with Crippen LogP contribution >= 0.6 is 0 Å². The molecule has 4 rings (SSSR count). The topological polar surface area (TPSA) is 91.6 Å². The Bertz CT molecular complexity index is 969. The van der Waals surface area contributed by atoms with E-state index in [-0.39, 0.29) is 18.4 Å². The molecule has 7 heteroatoms. The first-order chi connectivity index (χ1) is 14.1. The van der Waals surface area contributed by atoms with Crippen LogP contribution in [0.25, 0.3) is 11.1 Å². The number of ether oxygens (including phenoxy) is 1. The van der Waals surface area contributed by atoms with Gasteiger partial charge in [0.15, 0.2) is 5.84 Å². The molecule has 2 aliphatic rings. The van der Waals surface area contributed by atoms with Crippen molar-refractivity contribution in [1.82, 2.24) is 4.90 Å². The smallest absolute Gasteiger partial charge is 0.415 e. The minimum Gasteiger partial charge on any atom is -0.480 e. The molecule has 7 nitrogen and oxygen atoms in total. The number of aliphatic imine (C=N–C) groups is 2. The van der Waals surface area contributed by atoms with Gasteiger partial charge in [-0.25, -0.2) is 9.59 Å². The van der Waals surface area contributed by atoms with E-state index in [9.17, 15) is 9.59 Å². The van der Waals surface area contributed by atoms with Crippen molar-refractivity contribution < 1.29 is 19.4 Å². The van der Waals surface area contributed by atoms with E-state index in [1.54, 1.807) is 0 Å². The summed E-state index contributed by atoms with van der Waals surface area (Å²) in [6.07, 6.45) is 0.874. The van der Waals surface area contributed by atoms with Crippen LogP contribution < -0.4 is 0 Å². The van der Waals surface area contributed by atoms with Gasteiger partial charge in [0.1, 0.15) is 12.6 Å². The van der Waals surface area contributed by atoms with Crippen molar-refractivity contribution in [2.45, 2.75) is 18.9 Å². The number of rotatable bonds is 4. The third kappa shape index (κ3) is 3.63. The Morgan fingerprint density at radius 1 is 1.17 bits per heavy atom. The standard InChI is InChI=1S/C22H21N3O4/c1-14(21(26)27)24-20-12-23-10-11-25(20)22(28)29-13-19-17-8-4-2-6-15(17)16-7-3-5-9-18(16)19/h2-9,12,14,19H,10-11,13H2,1H3,(H,26,27)/t14-/m0/s1. The molecule has 1 heterocycles. The normalized spacial score (nSPS) is 17.7. The lowest BCUT2D eigenvalue weighted by molar-refractivity contribution is -0.138. The van der Waals surface area contributed by atoms with E-state index in [0.29, 0.717) is 13.1 Å². The van der Waals surface area contributed by atoms with E-state index < -0.39 is 18.1 Å². The van der Waals surface area contributed by atoms with Gasteiger partial charge in [-0.2, -0.15) is 0 Å². The van der Waals surface area contributed by atoms with Crippen molar-refractivity contribution in [1.29, 1.82) is 0 Å². The van der Waals surface area contributed by atoms with Crippen LogP contribution in [-0.2, 0) is 9.53 Å². The molecule has 2 aromatic rings. The number of nitrogens with zero attached hydrogens (tertiary/aromatic N) is 3. The Labute approximate surface area is 168 Å². The molecule has 0 saturated carbocycles. The minimum absolute atomic E-state index is 0.0388. The maximum absolute atomic E-state index is 12.8. The Kier molecular flexibility index (Phi) is 5.12. The molecule has 2 aromatic carbocycles. The van der Waals surface area contributed by atoms with Crippen molar-refractivity contribution in [2.24, 2.45) is 9.98 Å². The maximum atomic E-state index is 12.8. The summed E-state index contributed by atoms with van der Waals surface area (Å²) in [7, 11) is 0. The lowest BCUT2D eigenvalue weighted by atomic mass is 9.98. The van der Waals surface area contributed by atoms with Crippen LogP contribution in [-0.4, -0.2) is 59.9 Å². The highest BCUT2D eigenvalue weighted by Crippen LogP contribution is 2.44. The number of hydrogen-bond acceptors (Lipinski definition) is 5. The molecular weight excluding hydrogens is 370 g/mol. The van der Waals surface area contributed by atoms with Crippen molar-refractivity contribution in [3.05, 3.63) is 59.7 Å². The molecule has 1 aliphatic carbocycles. The number of amidine groups is 1. The van der Waals surface area contributed by atoms with Gasteiger partial charge in [0.05, 0.1) is 19.3 Å². The van der Waals surface area contributed by atoms with Crippen LogP contribution in [0.1, 0.15) is 24.0 Å². The zero-order chi connectivity index (χ0) is 20.4. The molecule has 1 aliphatic heterocycles. The first kappa shape index (κ1) is 18.9. The molecule has 0 fully saturated rings. The SMILES string of the molecule is C[C@H](N=C1C=NCCN1C(=O)OCC1c2ccccc2-c2ccccc21)C(=O)O. The fourth-order valence-corrected chi connectivity index (χ4v) is 3.70. The number of fused-ring (bicyclic) bond motifs is 3. The van der Waals surface area contributed by atoms with Gasteiger partial charge in [-0.1, -0.05) is 48.5 Å². The average molecular weight is 391 g/mol. The van der Waals surface area contributed by atoms with Crippen molar-refractivity contribution in [3.8, 4) is 11.1 Å². The van der Waals surface area contributed by atoms with Crippen molar-refractivity contribution >= 4 is 24.1 Å². The third-order valence-electron chi connectivity index (χ3n) is 5.18. The molecule has 29 heavy (non-hydrogen) atoms. The molecule has 0 spiro atoms. The van der Waals surface area contributed by atoms with Crippen LogP contribution in [0.15, 0.2) is 58.5 Å². The van der Waals surface area contributed by atoms with E-state index in [2.05, 4.69) is 34.3 Å². The largest absolute Gasteiger partial charge is 0.480 e. The Balaban J connectivity index is 1.52. The third-order valence-corrected chi connectivity index (χ3v) is 5.18. The first-order valence-corrected chi connectivity index (χ1v) is 9.49. The predicted octanol–water partition coefficient (Wildman–Crippen LogP) is 3.19. The first-order valence-electron chi connectivity index (χ1n) is 9.49. The highest BCUT2D eigenvalue weighted by molar-refractivity contribution is 6.33. The number of carbonyl (C=O) groups is 2. The molecule has 0 aromatic heterocycles. The van der Waals surface area contributed by atoms with Crippen LogP contribution in [0.3, 0.4) is 0 Å². The number of amides is 1. The van der Waals surface area contributed by atoms with Crippen LogP contribution in [0.5, 0.6) is 0 Å². The monoisotopic (exact) mass is 391 g/mol. The van der Waals surface area contributed by atoms with E-state index in [0.717, 1.165) is 22.3 Å². The second kappa shape index (κ2) is 7.87. The fourth-order valence-electron chi connectivity index (χ4n) is 3.70. The van der Waals surface area contributed by atoms with Gasteiger partial charge < -0.3 is 9.84 Å². The van der Waals surface area contributed by atoms with E-state index >= 15 is 0 Å². The van der Waals surface area contributed by atoms with E-state index in [1.807, 2.05) is 24.3 Å². The molecule has 1 N–H and O–H groups in total. The summed E-state index contributed by atoms with van der Waals surface area (Å²) >= 11 is 0. The summed E-state index contributed by atoms with van der Waals surface area (Å²) in [5.41, 5.74) is 4.59. The summed E-state index contributed by atoms with van der Waals surface area (Å²) in [6.45, 7) is 2.37. The molecule has 1 atom stereocenters. The number of hydrogen-bond donors (Lipinski definition) is 1. The number of benzene rings is 2. The number of carbonyl (C=O) groups excluding carboxylic acids is 1. The molecule has 0 unspecified atom stereocenters. The zero-order valence-corrected chi connectivity index (χ0v) is 16.0. The van der Waals surface area contributed by atoms with Crippen LogP contribution in [0, 0.1) is 0 Å². The number of carboxylic acids is 1. The van der Waals surface area contributed by atoms with Crippen LogP contribution in [0.2, 0.25) is 0 Å². The Hall–Kier alpha value is -3.48. The van der Waals surface area contributed by atoms with Crippen molar-refractivity contribution in [2.75, 3.05) is 19.7 Å². The Morgan fingerprint density at radius 3 is 2.41 bits per heavy atom. The highest BCUT2D eigenvalue weighted by atomic mass is 16.6. The Morgan fingerprint density at radius 2 is 1.79 bits per heavy atom. The number of aliphatic carboxylic acids is 1. The second-order valence-electron chi connectivity index (χ2n) is 6.99. The average Bonchev–Trinajstić information content (AvgIpc) is 3.06.